The van der Waals surface area contributed by atoms with Crippen LogP contribution in [0.2, 0.25) is 0 Å². The van der Waals surface area contributed by atoms with Crippen molar-refractivity contribution in [3.05, 3.63) is 65.6 Å². The van der Waals surface area contributed by atoms with E-state index in [9.17, 15) is 19.8 Å². The van der Waals surface area contributed by atoms with Gasteiger partial charge in [-0.1, -0.05) is 30.4 Å². The molecule has 2 aromatic heterocycles. The zero-order chi connectivity index (χ0) is 29.8. The monoisotopic (exact) mass is 593 g/mol. The third kappa shape index (κ3) is 4.69. The van der Waals surface area contributed by atoms with Crippen LogP contribution in [0.15, 0.2) is 53.3 Å². The summed E-state index contributed by atoms with van der Waals surface area (Å²) in [6.07, 6.45) is 8.31. The number of carboxylic acid groups (broad SMARTS) is 1. The summed E-state index contributed by atoms with van der Waals surface area (Å²) in [5, 5.41) is 22.2. The molecule has 0 spiro atoms. The van der Waals surface area contributed by atoms with E-state index < -0.39 is 29.9 Å². The van der Waals surface area contributed by atoms with Crippen molar-refractivity contribution in [3.8, 4) is 16.5 Å². The summed E-state index contributed by atoms with van der Waals surface area (Å²) in [6, 6.07) is 6.95. The Labute approximate surface area is 248 Å². The number of hydrogen-bond donors (Lipinski definition) is 2. The lowest BCUT2D eigenvalue weighted by molar-refractivity contribution is -0.153. The number of benzene rings is 1. The Morgan fingerprint density at radius 3 is 2.76 bits per heavy atom. The second-order valence-electron chi connectivity index (χ2n) is 11.7. The van der Waals surface area contributed by atoms with Gasteiger partial charge in [0.2, 0.25) is 5.89 Å². The Balaban J connectivity index is 1.44. The minimum absolute atomic E-state index is 0.00988. The highest BCUT2D eigenvalue weighted by atomic mass is 32.1. The van der Waals surface area contributed by atoms with Gasteiger partial charge in [-0.25, -0.2) is 14.6 Å². The van der Waals surface area contributed by atoms with E-state index >= 15 is 0 Å². The number of hydrogen-bond acceptors (Lipinski definition) is 8. The first-order chi connectivity index (χ1) is 20.1. The van der Waals surface area contributed by atoms with Crippen LogP contribution in [0.4, 0.5) is 9.80 Å². The summed E-state index contributed by atoms with van der Waals surface area (Å²) >= 11 is 1.28. The van der Waals surface area contributed by atoms with Crippen molar-refractivity contribution < 1.29 is 33.7 Å². The average Bonchev–Trinajstić information content (AvgIpc) is 3.75. The van der Waals surface area contributed by atoms with Gasteiger partial charge in [-0.2, -0.15) is 0 Å². The number of anilines is 1. The molecule has 11 heteroatoms. The molecule has 1 aromatic carbocycles. The number of aliphatic hydroxyl groups excluding tert-OH is 1. The summed E-state index contributed by atoms with van der Waals surface area (Å²) in [5.41, 5.74) is 0.193. The number of amides is 2. The fraction of sp³-hybridized carbons (Fsp3) is 0.452. The lowest BCUT2D eigenvalue weighted by Crippen LogP contribution is -2.61. The molecule has 3 heterocycles. The molecule has 222 valence electrons. The van der Waals surface area contributed by atoms with Gasteiger partial charge in [-0.3, -0.25) is 9.80 Å². The first-order valence-electron chi connectivity index (χ1n) is 14.1. The number of nitrogens with zero attached hydrogens (tertiary/aromatic N) is 3. The topological polar surface area (TPSA) is 126 Å². The molecule has 0 radical (unpaired) electrons. The lowest BCUT2D eigenvalue weighted by atomic mass is 9.98. The maximum atomic E-state index is 14.3. The zero-order valence-corrected chi connectivity index (χ0v) is 24.8. The molecule has 2 unspecified atom stereocenters. The zero-order valence-electron chi connectivity index (χ0n) is 24.0. The molecule has 2 amide bonds. The van der Waals surface area contributed by atoms with Crippen LogP contribution in [0.1, 0.15) is 62.1 Å². The van der Waals surface area contributed by atoms with Gasteiger partial charge in [0.15, 0.2) is 6.23 Å². The van der Waals surface area contributed by atoms with Crippen molar-refractivity contribution >= 4 is 28.3 Å². The fourth-order valence-electron chi connectivity index (χ4n) is 6.51. The van der Waals surface area contributed by atoms with Crippen LogP contribution < -0.4 is 9.64 Å². The highest BCUT2D eigenvalue weighted by Gasteiger charge is 2.50. The third-order valence-electron chi connectivity index (χ3n) is 8.83. The number of thiophene rings is 1. The number of carboxylic acids is 1. The molecule has 0 bridgehead atoms. The molecular formula is C31H35N3O7S. The summed E-state index contributed by atoms with van der Waals surface area (Å²) < 4.78 is 18.1. The van der Waals surface area contributed by atoms with Gasteiger partial charge in [0.25, 0.3) is 0 Å². The number of carbonyl (C=O) groups is 2. The molecule has 10 nitrogen and oxygen atoms in total. The molecule has 3 aromatic rings. The number of ether oxygens (including phenoxy) is 2. The maximum absolute atomic E-state index is 14.3. The molecule has 5 atom stereocenters. The van der Waals surface area contributed by atoms with Crippen molar-refractivity contribution in [2.75, 3.05) is 18.6 Å². The van der Waals surface area contributed by atoms with Gasteiger partial charge >= 0.3 is 12.0 Å². The number of methoxy groups -OCH3 is 1. The Hall–Kier alpha value is -3.67. The molecule has 1 fully saturated rings. The number of allylic oxidation sites excluding steroid dienone is 2. The summed E-state index contributed by atoms with van der Waals surface area (Å²) in [7, 11) is 1.60. The number of aliphatic hydroxyl groups is 1. The van der Waals surface area contributed by atoms with Crippen LogP contribution >= 0.6 is 11.3 Å². The standard InChI is InChI=1S/C31H35N3O7S/c1-17-24-27(35)34(31(2,3)29(36)37)30(38)33(28(24)42-25(17)26-32-12-13-40-26)16-23(21-10-5-6-11-22(21)39-4)41-20-14-18-8-7-9-19(18)15-20/h5-8,10-13,18-20,23,27,35H,9,14-16H2,1-4H3,(H,36,37)/t18-,19+,20+,23?,27?/m0/s1. The minimum Gasteiger partial charge on any atom is -0.496 e. The Bertz CT molecular complexity index is 1510. The van der Waals surface area contributed by atoms with E-state index in [1.165, 1.54) is 42.5 Å². The van der Waals surface area contributed by atoms with Crippen LogP contribution in [0.5, 0.6) is 5.75 Å². The first-order valence-corrected chi connectivity index (χ1v) is 14.9. The quantitative estimate of drug-likeness (QED) is 0.293. The number of oxazole rings is 1. The molecule has 6 rings (SSSR count). The van der Waals surface area contributed by atoms with Crippen molar-refractivity contribution in [1.29, 1.82) is 0 Å². The summed E-state index contributed by atoms with van der Waals surface area (Å²) in [5.74, 6) is 0.806. The Morgan fingerprint density at radius 1 is 1.29 bits per heavy atom. The molecule has 0 saturated heterocycles. The number of carbonyl (C=O) groups excluding carboxylic acids is 1. The maximum Gasteiger partial charge on any atom is 0.329 e. The highest BCUT2D eigenvalue weighted by Crippen LogP contribution is 2.51. The van der Waals surface area contributed by atoms with Crippen LogP contribution in [-0.4, -0.2) is 57.4 Å². The summed E-state index contributed by atoms with van der Waals surface area (Å²) in [4.78, 5) is 34.1. The van der Waals surface area contributed by atoms with Gasteiger partial charge in [-0.15, -0.1) is 11.3 Å². The molecule has 3 aliphatic rings. The predicted molar refractivity (Wildman–Crippen MR) is 156 cm³/mol. The number of para-hydroxylation sites is 1. The molecule has 1 aliphatic heterocycles. The van der Waals surface area contributed by atoms with Crippen LogP contribution in [0.3, 0.4) is 0 Å². The number of rotatable bonds is 9. The minimum atomic E-state index is -1.71. The SMILES string of the molecule is COc1ccccc1C(CN1C(=O)N(C(C)(C)C(=O)O)C(O)c2c1sc(-c1ncco1)c2C)O[C@H]1C[C@H]2CC=C[C@H]2C1. The van der Waals surface area contributed by atoms with Gasteiger partial charge in [0.05, 0.1) is 30.8 Å². The number of fused-ring (bicyclic) bond motifs is 2. The van der Waals surface area contributed by atoms with Gasteiger partial charge in [-0.05, 0) is 63.5 Å². The second kappa shape index (κ2) is 10.9. The summed E-state index contributed by atoms with van der Waals surface area (Å²) in [6.45, 7) is 4.72. The van der Waals surface area contributed by atoms with Crippen molar-refractivity contribution in [2.24, 2.45) is 11.8 Å². The lowest BCUT2D eigenvalue weighted by Gasteiger charge is -2.45. The molecule has 2 N–H and O–H groups in total. The molecule has 2 aliphatic carbocycles. The highest BCUT2D eigenvalue weighted by molar-refractivity contribution is 7.20. The van der Waals surface area contributed by atoms with E-state index in [2.05, 4.69) is 17.1 Å². The number of aliphatic carboxylic acids is 1. The van der Waals surface area contributed by atoms with Gasteiger partial charge in [0, 0.05) is 11.1 Å². The number of urea groups is 1. The van der Waals surface area contributed by atoms with Crippen LogP contribution in [-0.2, 0) is 9.53 Å². The fourth-order valence-corrected chi connectivity index (χ4v) is 7.79. The molecule has 1 saturated carbocycles. The Morgan fingerprint density at radius 2 is 2.07 bits per heavy atom. The third-order valence-corrected chi connectivity index (χ3v) is 10.1. The van der Waals surface area contributed by atoms with E-state index in [-0.39, 0.29) is 12.6 Å². The van der Waals surface area contributed by atoms with Crippen molar-refractivity contribution in [3.63, 3.8) is 0 Å². The Kier molecular flexibility index (Phi) is 7.36. The van der Waals surface area contributed by atoms with E-state index in [0.29, 0.717) is 44.5 Å². The van der Waals surface area contributed by atoms with Gasteiger partial charge in [0.1, 0.15) is 28.7 Å². The van der Waals surface area contributed by atoms with E-state index in [4.69, 9.17) is 13.9 Å². The number of aromatic nitrogens is 1. The van der Waals surface area contributed by atoms with E-state index in [1.807, 2.05) is 31.2 Å². The van der Waals surface area contributed by atoms with Crippen molar-refractivity contribution in [2.45, 2.75) is 64.0 Å². The average molecular weight is 594 g/mol. The molecular weight excluding hydrogens is 558 g/mol. The van der Waals surface area contributed by atoms with Gasteiger partial charge < -0.3 is 24.1 Å². The van der Waals surface area contributed by atoms with E-state index in [0.717, 1.165) is 29.7 Å². The van der Waals surface area contributed by atoms with Crippen LogP contribution in [0, 0.1) is 18.8 Å². The first kappa shape index (κ1) is 28.4. The smallest absolute Gasteiger partial charge is 0.329 e. The largest absolute Gasteiger partial charge is 0.496 e. The van der Waals surface area contributed by atoms with Crippen LogP contribution in [0.25, 0.3) is 10.8 Å². The van der Waals surface area contributed by atoms with E-state index in [1.54, 1.807) is 7.11 Å². The normalized spacial score (nSPS) is 24.2. The predicted octanol–water partition coefficient (Wildman–Crippen LogP) is 5.93. The van der Waals surface area contributed by atoms with Crippen molar-refractivity contribution in [1.82, 2.24) is 9.88 Å². The molecule has 42 heavy (non-hydrogen) atoms. The second-order valence-corrected chi connectivity index (χ2v) is 12.7.